The Kier molecular flexibility index (Phi) is 4.73. The molecule has 112 valence electrons. The van der Waals surface area contributed by atoms with Gasteiger partial charge < -0.3 is 9.26 Å². The lowest BCUT2D eigenvalue weighted by atomic mass is 9.83. The molecule has 0 N–H and O–H groups in total. The molecule has 0 radical (unpaired) electrons. The molecule has 3 atom stereocenters. The molecule has 2 fully saturated rings. The summed E-state index contributed by atoms with van der Waals surface area (Å²) in [5.74, 6) is 0.440. The van der Waals surface area contributed by atoms with Crippen molar-refractivity contribution in [2.45, 2.75) is 70.8 Å². The molecule has 0 aromatic rings. The van der Waals surface area contributed by atoms with Crippen molar-refractivity contribution >= 4 is 8.32 Å². The number of ether oxygens (including phenoxy) is 1. The highest BCUT2D eigenvalue weighted by atomic mass is 28.4. The van der Waals surface area contributed by atoms with Gasteiger partial charge in [0.2, 0.25) is 8.32 Å². The second kappa shape index (κ2) is 5.82. The highest BCUT2D eigenvalue weighted by Gasteiger charge is 2.58. The van der Waals surface area contributed by atoms with E-state index in [1.807, 2.05) is 0 Å². The van der Waals surface area contributed by atoms with Crippen LogP contribution in [0.15, 0.2) is 0 Å². The number of unbranched alkanes of at least 4 members (excludes halogenated alkanes) is 2. The van der Waals surface area contributed by atoms with E-state index in [1.54, 1.807) is 5.23 Å². The van der Waals surface area contributed by atoms with Gasteiger partial charge in [-0.05, 0) is 33.0 Å². The Morgan fingerprint density at radius 2 is 2.00 bits per heavy atom. The third-order valence-corrected chi connectivity index (χ3v) is 4.90. The Hall–Kier alpha value is 0.0569. The van der Waals surface area contributed by atoms with Crippen LogP contribution in [-0.2, 0) is 14.1 Å². The van der Waals surface area contributed by atoms with Crippen LogP contribution in [0.2, 0.25) is 19.6 Å². The summed E-state index contributed by atoms with van der Waals surface area (Å²) < 4.78 is 12.2. The number of hydroxylamine groups is 2. The molecule has 0 bridgehead atoms. The van der Waals surface area contributed by atoms with Crippen LogP contribution in [0.1, 0.15) is 39.5 Å². The molecule has 5 heteroatoms. The molecule has 2 heterocycles. The molecule has 0 amide bonds. The Morgan fingerprint density at radius 3 is 2.63 bits per heavy atom. The summed E-state index contributed by atoms with van der Waals surface area (Å²) in [7, 11) is -1.65. The van der Waals surface area contributed by atoms with Gasteiger partial charge in [0, 0.05) is 5.92 Å². The zero-order chi connectivity index (χ0) is 14.1. The lowest BCUT2D eigenvalue weighted by Gasteiger charge is -2.38. The van der Waals surface area contributed by atoms with Gasteiger partial charge in [0.05, 0.1) is 19.3 Å². The van der Waals surface area contributed by atoms with Gasteiger partial charge in [0.25, 0.3) is 0 Å². The van der Waals surface area contributed by atoms with Gasteiger partial charge in [-0.3, -0.25) is 4.84 Å². The molecular weight excluding hydrogens is 258 g/mol. The van der Waals surface area contributed by atoms with E-state index in [0.717, 1.165) is 19.6 Å². The molecule has 0 aromatic carbocycles. The van der Waals surface area contributed by atoms with Crippen LogP contribution in [0.5, 0.6) is 0 Å². The average Bonchev–Trinajstić information content (AvgIpc) is 2.77. The van der Waals surface area contributed by atoms with E-state index in [9.17, 15) is 0 Å². The topological polar surface area (TPSA) is 30.9 Å². The zero-order valence-corrected chi connectivity index (χ0v) is 14.1. The summed E-state index contributed by atoms with van der Waals surface area (Å²) in [6, 6.07) is 0. The molecule has 0 saturated carbocycles. The van der Waals surface area contributed by atoms with Crippen LogP contribution in [0.3, 0.4) is 0 Å². The predicted octanol–water partition coefficient (Wildman–Crippen LogP) is 3.35. The first-order valence-electron chi connectivity index (χ1n) is 7.62. The maximum atomic E-state index is 6.12. The summed E-state index contributed by atoms with van der Waals surface area (Å²) in [5, 5.41) is 1.80. The highest BCUT2D eigenvalue weighted by molar-refractivity contribution is 6.69. The third kappa shape index (κ3) is 3.21. The van der Waals surface area contributed by atoms with Crippen molar-refractivity contribution in [3.8, 4) is 0 Å². The van der Waals surface area contributed by atoms with Crippen molar-refractivity contribution in [3.05, 3.63) is 0 Å². The molecule has 2 rings (SSSR count). The van der Waals surface area contributed by atoms with Crippen LogP contribution >= 0.6 is 0 Å². The average molecular weight is 287 g/mol. The number of hydrogen-bond acceptors (Lipinski definition) is 4. The fraction of sp³-hybridized carbons (Fsp3) is 1.00. The van der Waals surface area contributed by atoms with Crippen molar-refractivity contribution in [3.63, 3.8) is 0 Å². The summed E-state index contributed by atoms with van der Waals surface area (Å²) in [6.07, 6.45) is 5.09. The van der Waals surface area contributed by atoms with E-state index < -0.39 is 8.32 Å². The highest BCUT2D eigenvalue weighted by Crippen LogP contribution is 2.44. The minimum Gasteiger partial charge on any atom is -0.376 e. The zero-order valence-electron chi connectivity index (χ0n) is 13.1. The quantitative estimate of drug-likeness (QED) is 0.554. The van der Waals surface area contributed by atoms with Crippen molar-refractivity contribution < 1.29 is 14.1 Å². The maximum absolute atomic E-state index is 6.12. The smallest absolute Gasteiger partial charge is 0.215 e. The monoisotopic (exact) mass is 287 g/mol. The number of rotatable bonds is 6. The van der Waals surface area contributed by atoms with Crippen LogP contribution in [0.4, 0.5) is 0 Å². The van der Waals surface area contributed by atoms with E-state index >= 15 is 0 Å². The summed E-state index contributed by atoms with van der Waals surface area (Å²) in [6.45, 7) is 12.6. The van der Waals surface area contributed by atoms with E-state index in [-0.39, 0.29) is 11.6 Å². The molecule has 2 aliphatic rings. The fourth-order valence-corrected chi connectivity index (χ4v) is 3.69. The molecule has 0 aliphatic carbocycles. The van der Waals surface area contributed by atoms with Crippen molar-refractivity contribution in [1.29, 1.82) is 0 Å². The first-order valence-corrected chi connectivity index (χ1v) is 11.0. The number of nitrogens with zero attached hydrogens (tertiary/aromatic N) is 1. The van der Waals surface area contributed by atoms with Crippen LogP contribution in [0, 0.1) is 5.92 Å². The van der Waals surface area contributed by atoms with E-state index in [2.05, 4.69) is 33.5 Å². The number of hydrogen-bond donors (Lipinski definition) is 0. The SMILES string of the molecule is CCCCC[C@H]1OC[C@@H]2CON(O[Si](C)(C)C)[C@@]21C. The summed E-state index contributed by atoms with van der Waals surface area (Å²) >= 11 is 0. The Labute approximate surface area is 118 Å². The molecular formula is C14H29NO3Si. The van der Waals surface area contributed by atoms with Crippen LogP contribution < -0.4 is 0 Å². The van der Waals surface area contributed by atoms with Gasteiger partial charge in [-0.15, -0.1) is 0 Å². The molecule has 2 aliphatic heterocycles. The predicted molar refractivity (Wildman–Crippen MR) is 78.0 cm³/mol. The lowest BCUT2D eigenvalue weighted by Crippen LogP contribution is -2.53. The Morgan fingerprint density at radius 1 is 1.26 bits per heavy atom. The third-order valence-electron chi connectivity index (χ3n) is 4.19. The second-order valence-corrected chi connectivity index (χ2v) is 11.4. The minimum absolute atomic E-state index is 0.103. The molecule has 0 unspecified atom stereocenters. The molecule has 0 spiro atoms. The van der Waals surface area contributed by atoms with E-state index in [0.29, 0.717) is 5.92 Å². The standard InChI is InChI=1S/C14H29NO3Si/c1-6-7-8-9-13-14(2)12(10-16-13)11-17-15(14)18-19(3,4)5/h12-13H,6-11H2,1-5H3/t12-,13-,14+/m1/s1. The Balaban J connectivity index is 2.03. The van der Waals surface area contributed by atoms with Gasteiger partial charge in [-0.25, -0.2) is 0 Å². The van der Waals surface area contributed by atoms with Gasteiger partial charge in [0.1, 0.15) is 5.54 Å². The van der Waals surface area contributed by atoms with Gasteiger partial charge in [-0.2, -0.15) is 0 Å². The first-order chi connectivity index (χ1) is 8.88. The summed E-state index contributed by atoms with van der Waals surface area (Å²) in [4.78, 5) is 5.80. The van der Waals surface area contributed by atoms with Crippen molar-refractivity contribution in [2.24, 2.45) is 5.92 Å². The van der Waals surface area contributed by atoms with Crippen molar-refractivity contribution in [2.75, 3.05) is 13.2 Å². The molecule has 4 nitrogen and oxygen atoms in total. The van der Waals surface area contributed by atoms with Crippen LogP contribution in [0.25, 0.3) is 0 Å². The fourth-order valence-electron chi connectivity index (χ4n) is 2.94. The minimum atomic E-state index is -1.65. The van der Waals surface area contributed by atoms with Crippen LogP contribution in [-0.4, -0.2) is 38.4 Å². The molecule has 19 heavy (non-hydrogen) atoms. The van der Waals surface area contributed by atoms with Gasteiger partial charge in [0.15, 0.2) is 0 Å². The van der Waals surface area contributed by atoms with Crippen molar-refractivity contribution in [1.82, 2.24) is 5.23 Å². The van der Waals surface area contributed by atoms with Gasteiger partial charge in [-0.1, -0.05) is 31.4 Å². The second-order valence-electron chi connectivity index (χ2n) is 7.00. The molecule has 0 aromatic heterocycles. The largest absolute Gasteiger partial charge is 0.376 e. The number of fused-ring (bicyclic) bond motifs is 1. The Bertz CT molecular complexity index is 308. The van der Waals surface area contributed by atoms with Gasteiger partial charge >= 0.3 is 0 Å². The summed E-state index contributed by atoms with van der Waals surface area (Å²) in [5.41, 5.74) is -0.103. The molecule has 2 saturated heterocycles. The van der Waals surface area contributed by atoms with E-state index in [4.69, 9.17) is 14.1 Å². The maximum Gasteiger partial charge on any atom is 0.215 e. The van der Waals surface area contributed by atoms with E-state index in [1.165, 1.54) is 19.3 Å². The lowest BCUT2D eigenvalue weighted by molar-refractivity contribution is -0.343. The normalized spacial score (nSPS) is 35.8. The first kappa shape index (κ1) is 15.4.